The molecule has 0 unspecified atom stereocenters. The third-order valence-corrected chi connectivity index (χ3v) is 3.86. The Balaban J connectivity index is 2.60. The van der Waals surface area contributed by atoms with E-state index in [1.54, 1.807) is 0 Å². The minimum absolute atomic E-state index is 0.195. The number of rotatable bonds is 1. The summed E-state index contributed by atoms with van der Waals surface area (Å²) in [5, 5.41) is 10.4. The van der Waals surface area contributed by atoms with Gasteiger partial charge in [0.25, 0.3) is 5.56 Å². The SMILES string of the molecule is CSc1c(C#N)oc2c1c(=O)[nH]c1cc(C)ccc12. The first-order chi connectivity index (χ1) is 9.15. The Labute approximate surface area is 113 Å². The molecule has 0 spiro atoms. The summed E-state index contributed by atoms with van der Waals surface area (Å²) in [4.78, 5) is 15.6. The number of benzene rings is 1. The summed E-state index contributed by atoms with van der Waals surface area (Å²) < 4.78 is 5.57. The summed E-state index contributed by atoms with van der Waals surface area (Å²) >= 11 is 1.35. The number of hydrogen-bond acceptors (Lipinski definition) is 4. The van der Waals surface area contributed by atoms with Crippen LogP contribution in [-0.2, 0) is 0 Å². The maximum Gasteiger partial charge on any atom is 0.260 e. The van der Waals surface area contributed by atoms with Crippen molar-refractivity contribution >= 4 is 33.6 Å². The van der Waals surface area contributed by atoms with Crippen LogP contribution in [0.2, 0.25) is 0 Å². The van der Waals surface area contributed by atoms with Crippen molar-refractivity contribution in [1.82, 2.24) is 4.98 Å². The van der Waals surface area contributed by atoms with Gasteiger partial charge >= 0.3 is 0 Å². The number of nitrogens with zero attached hydrogens (tertiary/aromatic N) is 1. The van der Waals surface area contributed by atoms with E-state index in [1.807, 2.05) is 37.4 Å². The average Bonchev–Trinajstić information content (AvgIpc) is 2.77. The molecule has 2 aromatic heterocycles. The number of nitrogens with one attached hydrogen (secondary N) is 1. The summed E-state index contributed by atoms with van der Waals surface area (Å²) in [6.07, 6.45) is 1.82. The molecular weight excluding hydrogens is 260 g/mol. The van der Waals surface area contributed by atoms with Crippen LogP contribution in [0.5, 0.6) is 0 Å². The van der Waals surface area contributed by atoms with E-state index in [-0.39, 0.29) is 11.3 Å². The Morgan fingerprint density at radius 3 is 2.89 bits per heavy atom. The van der Waals surface area contributed by atoms with Gasteiger partial charge in [-0.25, -0.2) is 0 Å². The topological polar surface area (TPSA) is 69.8 Å². The van der Waals surface area contributed by atoms with E-state index in [0.717, 1.165) is 16.5 Å². The Hall–Kier alpha value is -2.19. The fourth-order valence-corrected chi connectivity index (χ4v) is 2.89. The fraction of sp³-hybridized carbons (Fsp3) is 0.143. The highest BCUT2D eigenvalue weighted by atomic mass is 32.2. The van der Waals surface area contributed by atoms with Gasteiger partial charge in [-0.2, -0.15) is 5.26 Å². The predicted molar refractivity (Wildman–Crippen MR) is 75.6 cm³/mol. The Morgan fingerprint density at radius 2 is 2.21 bits per heavy atom. The van der Waals surface area contributed by atoms with Gasteiger partial charge < -0.3 is 9.40 Å². The molecular formula is C14H10N2O2S. The zero-order valence-electron chi connectivity index (χ0n) is 10.4. The molecule has 0 aliphatic heterocycles. The first-order valence-electron chi connectivity index (χ1n) is 5.69. The molecule has 94 valence electrons. The summed E-state index contributed by atoms with van der Waals surface area (Å²) in [7, 11) is 0. The number of H-pyrrole nitrogens is 1. The average molecular weight is 270 g/mol. The largest absolute Gasteiger partial charge is 0.443 e. The van der Waals surface area contributed by atoms with Gasteiger partial charge in [-0.15, -0.1) is 11.8 Å². The first kappa shape index (κ1) is 11.9. The van der Waals surface area contributed by atoms with Gasteiger partial charge in [-0.05, 0) is 30.9 Å². The van der Waals surface area contributed by atoms with Gasteiger partial charge in [0.2, 0.25) is 5.76 Å². The van der Waals surface area contributed by atoms with Crippen molar-refractivity contribution in [2.45, 2.75) is 11.8 Å². The van der Waals surface area contributed by atoms with E-state index in [2.05, 4.69) is 4.98 Å². The van der Waals surface area contributed by atoms with Crippen molar-refractivity contribution in [2.75, 3.05) is 6.26 Å². The van der Waals surface area contributed by atoms with Crippen LogP contribution >= 0.6 is 11.8 Å². The molecule has 0 atom stereocenters. The maximum absolute atomic E-state index is 12.2. The number of furan rings is 1. The Morgan fingerprint density at radius 1 is 1.42 bits per heavy atom. The fourth-order valence-electron chi connectivity index (χ4n) is 2.22. The number of fused-ring (bicyclic) bond motifs is 3. The molecule has 0 saturated heterocycles. The minimum Gasteiger partial charge on any atom is -0.443 e. The maximum atomic E-state index is 12.2. The van der Waals surface area contributed by atoms with E-state index < -0.39 is 0 Å². The number of aromatic amines is 1. The first-order valence-corrected chi connectivity index (χ1v) is 6.91. The van der Waals surface area contributed by atoms with E-state index in [9.17, 15) is 4.79 Å². The molecule has 0 amide bonds. The molecule has 3 rings (SSSR count). The molecule has 3 aromatic rings. The van der Waals surface area contributed by atoms with Gasteiger partial charge in [-0.3, -0.25) is 4.79 Å². The monoisotopic (exact) mass is 270 g/mol. The minimum atomic E-state index is -0.220. The Kier molecular flexibility index (Phi) is 2.61. The lowest BCUT2D eigenvalue weighted by molar-refractivity contribution is 0.593. The molecule has 1 N–H and O–H groups in total. The van der Waals surface area contributed by atoms with Crippen molar-refractivity contribution in [3.8, 4) is 6.07 Å². The molecule has 2 heterocycles. The number of pyridine rings is 1. The van der Waals surface area contributed by atoms with Gasteiger partial charge in [-0.1, -0.05) is 6.07 Å². The standard InChI is InChI=1S/C14H10N2O2S/c1-7-3-4-8-9(5-7)16-14(17)11-12(8)18-10(6-15)13(11)19-2/h3-5H,1-2H3,(H,16,17). The number of thioether (sulfide) groups is 1. The van der Waals surface area contributed by atoms with Crippen molar-refractivity contribution in [3.05, 3.63) is 39.9 Å². The zero-order valence-corrected chi connectivity index (χ0v) is 11.2. The number of aromatic nitrogens is 1. The van der Waals surface area contributed by atoms with Gasteiger partial charge in [0.15, 0.2) is 5.58 Å². The lowest BCUT2D eigenvalue weighted by Gasteiger charge is -2.00. The molecule has 0 bridgehead atoms. The lowest BCUT2D eigenvalue weighted by Crippen LogP contribution is -2.05. The van der Waals surface area contributed by atoms with Crippen molar-refractivity contribution < 1.29 is 4.42 Å². The second-order valence-electron chi connectivity index (χ2n) is 4.28. The van der Waals surface area contributed by atoms with Crippen LogP contribution < -0.4 is 5.56 Å². The normalized spacial score (nSPS) is 11.0. The summed E-state index contributed by atoms with van der Waals surface area (Å²) in [5.41, 5.74) is 2.05. The molecule has 0 fully saturated rings. The summed E-state index contributed by atoms with van der Waals surface area (Å²) in [5.74, 6) is 0.195. The molecule has 0 saturated carbocycles. The van der Waals surface area contributed by atoms with E-state index in [4.69, 9.17) is 9.68 Å². The molecule has 0 radical (unpaired) electrons. The van der Waals surface area contributed by atoms with E-state index in [1.165, 1.54) is 11.8 Å². The highest BCUT2D eigenvalue weighted by Crippen LogP contribution is 2.33. The number of aryl methyl sites for hydroxylation is 1. The van der Waals surface area contributed by atoms with Crippen LogP contribution in [-0.4, -0.2) is 11.2 Å². The second kappa shape index (κ2) is 4.18. The van der Waals surface area contributed by atoms with Crippen LogP contribution in [0.15, 0.2) is 32.3 Å². The Bertz CT molecular complexity index is 900. The molecule has 1 aromatic carbocycles. The quantitative estimate of drug-likeness (QED) is 0.689. The van der Waals surface area contributed by atoms with Crippen LogP contribution in [0.25, 0.3) is 21.9 Å². The van der Waals surface area contributed by atoms with Crippen molar-refractivity contribution in [1.29, 1.82) is 5.26 Å². The van der Waals surface area contributed by atoms with Crippen LogP contribution in [0.3, 0.4) is 0 Å². The predicted octanol–water partition coefficient (Wildman–Crippen LogP) is 3.18. The third kappa shape index (κ3) is 1.65. The highest BCUT2D eigenvalue weighted by molar-refractivity contribution is 7.98. The van der Waals surface area contributed by atoms with Crippen LogP contribution in [0, 0.1) is 18.3 Å². The summed E-state index contributed by atoms with van der Waals surface area (Å²) in [6.45, 7) is 1.96. The van der Waals surface area contributed by atoms with Crippen LogP contribution in [0.1, 0.15) is 11.3 Å². The van der Waals surface area contributed by atoms with E-state index >= 15 is 0 Å². The van der Waals surface area contributed by atoms with Crippen molar-refractivity contribution in [2.24, 2.45) is 0 Å². The molecule has 5 heteroatoms. The van der Waals surface area contributed by atoms with Gasteiger partial charge in [0.1, 0.15) is 11.5 Å². The lowest BCUT2D eigenvalue weighted by atomic mass is 10.1. The van der Waals surface area contributed by atoms with Crippen LogP contribution in [0.4, 0.5) is 0 Å². The van der Waals surface area contributed by atoms with Gasteiger partial charge in [0, 0.05) is 5.39 Å². The highest BCUT2D eigenvalue weighted by Gasteiger charge is 2.18. The second-order valence-corrected chi connectivity index (χ2v) is 5.10. The zero-order chi connectivity index (χ0) is 13.6. The molecule has 19 heavy (non-hydrogen) atoms. The van der Waals surface area contributed by atoms with E-state index in [0.29, 0.717) is 15.9 Å². The molecule has 4 nitrogen and oxygen atoms in total. The van der Waals surface area contributed by atoms with Gasteiger partial charge in [0.05, 0.1) is 10.4 Å². The summed E-state index contributed by atoms with van der Waals surface area (Å²) in [6, 6.07) is 7.74. The third-order valence-electron chi connectivity index (χ3n) is 3.07. The molecule has 0 aliphatic carbocycles. The molecule has 0 aliphatic rings. The number of nitriles is 1. The smallest absolute Gasteiger partial charge is 0.260 e. The van der Waals surface area contributed by atoms with Crippen molar-refractivity contribution in [3.63, 3.8) is 0 Å². The number of hydrogen-bond donors (Lipinski definition) is 1.